The first kappa shape index (κ1) is 20.9. The molecule has 0 aliphatic carbocycles. The standard InChI is InChI=1S/C23H31N5O/c1-18(23(29)25-12-6-10-21-15-26-27-19(21)2)14-24-16-22-11-7-13-28(22)17-20-8-4-3-5-9-20/h3-5,7-9,11,13,15,18,24H,6,10,12,14,16-17H2,1-2H3,(H,25,29)(H,26,27)/t18-/m1/s1. The molecule has 6 heteroatoms. The van der Waals surface area contributed by atoms with Crippen molar-refractivity contribution in [1.29, 1.82) is 0 Å². The van der Waals surface area contributed by atoms with Gasteiger partial charge >= 0.3 is 0 Å². The molecule has 0 saturated heterocycles. The van der Waals surface area contributed by atoms with E-state index in [4.69, 9.17) is 0 Å². The maximum absolute atomic E-state index is 12.3. The minimum Gasteiger partial charge on any atom is -0.356 e. The second kappa shape index (κ2) is 10.6. The van der Waals surface area contributed by atoms with Crippen molar-refractivity contribution in [1.82, 2.24) is 25.4 Å². The Morgan fingerprint density at radius 1 is 1.21 bits per heavy atom. The fourth-order valence-electron chi connectivity index (χ4n) is 3.35. The lowest BCUT2D eigenvalue weighted by molar-refractivity contribution is -0.124. The van der Waals surface area contributed by atoms with Gasteiger partial charge in [0.25, 0.3) is 0 Å². The summed E-state index contributed by atoms with van der Waals surface area (Å²) in [7, 11) is 0. The Hall–Kier alpha value is -2.86. The molecule has 0 spiro atoms. The molecule has 3 rings (SSSR count). The highest BCUT2D eigenvalue weighted by Crippen LogP contribution is 2.08. The van der Waals surface area contributed by atoms with Gasteiger partial charge in [-0.05, 0) is 43.0 Å². The van der Waals surface area contributed by atoms with E-state index in [1.165, 1.54) is 16.8 Å². The number of aryl methyl sites for hydroxylation is 2. The van der Waals surface area contributed by atoms with Crippen LogP contribution in [-0.4, -0.2) is 33.8 Å². The summed E-state index contributed by atoms with van der Waals surface area (Å²) >= 11 is 0. The molecule has 29 heavy (non-hydrogen) atoms. The van der Waals surface area contributed by atoms with Crippen LogP contribution < -0.4 is 10.6 Å². The molecular formula is C23H31N5O. The summed E-state index contributed by atoms with van der Waals surface area (Å²) in [5, 5.41) is 13.4. The second-order valence-electron chi connectivity index (χ2n) is 7.56. The van der Waals surface area contributed by atoms with Crippen LogP contribution >= 0.6 is 0 Å². The maximum atomic E-state index is 12.3. The summed E-state index contributed by atoms with van der Waals surface area (Å²) < 4.78 is 2.24. The van der Waals surface area contributed by atoms with E-state index in [1.54, 1.807) is 0 Å². The molecule has 2 heterocycles. The summed E-state index contributed by atoms with van der Waals surface area (Å²) in [4.78, 5) is 12.3. The number of benzene rings is 1. The first-order valence-corrected chi connectivity index (χ1v) is 10.3. The number of nitrogens with zero attached hydrogens (tertiary/aromatic N) is 2. The number of hydrogen-bond donors (Lipinski definition) is 3. The number of H-pyrrole nitrogens is 1. The number of amides is 1. The average Bonchev–Trinajstić information content (AvgIpc) is 3.34. The van der Waals surface area contributed by atoms with Gasteiger partial charge in [0, 0.05) is 49.7 Å². The van der Waals surface area contributed by atoms with Crippen molar-refractivity contribution in [2.45, 2.75) is 39.8 Å². The zero-order valence-corrected chi connectivity index (χ0v) is 17.3. The highest BCUT2D eigenvalue weighted by molar-refractivity contribution is 5.78. The number of nitrogens with one attached hydrogen (secondary N) is 3. The molecule has 3 N–H and O–H groups in total. The van der Waals surface area contributed by atoms with Gasteiger partial charge < -0.3 is 15.2 Å². The highest BCUT2D eigenvalue weighted by Gasteiger charge is 2.12. The normalized spacial score (nSPS) is 12.1. The number of rotatable bonds is 11. The van der Waals surface area contributed by atoms with Gasteiger partial charge in [0.2, 0.25) is 5.91 Å². The third-order valence-corrected chi connectivity index (χ3v) is 5.18. The monoisotopic (exact) mass is 393 g/mol. The van der Waals surface area contributed by atoms with Crippen LogP contribution in [0.15, 0.2) is 54.9 Å². The van der Waals surface area contributed by atoms with E-state index in [9.17, 15) is 4.79 Å². The molecule has 2 aromatic heterocycles. The van der Waals surface area contributed by atoms with Crippen molar-refractivity contribution < 1.29 is 4.79 Å². The number of aromatic amines is 1. The van der Waals surface area contributed by atoms with E-state index < -0.39 is 0 Å². The van der Waals surface area contributed by atoms with Gasteiger partial charge in [0.1, 0.15) is 0 Å². The number of hydrogen-bond acceptors (Lipinski definition) is 3. The van der Waals surface area contributed by atoms with Gasteiger partial charge in [-0.2, -0.15) is 5.10 Å². The number of carbonyl (C=O) groups is 1. The van der Waals surface area contributed by atoms with Crippen molar-refractivity contribution in [3.8, 4) is 0 Å². The maximum Gasteiger partial charge on any atom is 0.224 e. The van der Waals surface area contributed by atoms with Crippen LogP contribution in [0, 0.1) is 12.8 Å². The predicted molar refractivity (Wildman–Crippen MR) is 116 cm³/mol. The smallest absolute Gasteiger partial charge is 0.224 e. The van der Waals surface area contributed by atoms with Crippen LogP contribution in [0.4, 0.5) is 0 Å². The summed E-state index contributed by atoms with van der Waals surface area (Å²) in [6.45, 7) is 6.93. The van der Waals surface area contributed by atoms with Gasteiger partial charge in [-0.25, -0.2) is 0 Å². The van der Waals surface area contributed by atoms with E-state index >= 15 is 0 Å². The zero-order valence-electron chi connectivity index (χ0n) is 17.3. The molecule has 1 aromatic carbocycles. The van der Waals surface area contributed by atoms with Crippen LogP contribution in [0.3, 0.4) is 0 Å². The molecule has 0 unspecified atom stereocenters. The van der Waals surface area contributed by atoms with Crippen molar-refractivity contribution in [2.75, 3.05) is 13.1 Å². The number of aromatic nitrogens is 3. The fourth-order valence-corrected chi connectivity index (χ4v) is 3.35. The summed E-state index contributed by atoms with van der Waals surface area (Å²) in [5.74, 6) is 0.0317. The summed E-state index contributed by atoms with van der Waals surface area (Å²) in [5.41, 5.74) is 4.82. The van der Waals surface area contributed by atoms with Crippen LogP contribution in [0.25, 0.3) is 0 Å². The minimum atomic E-state index is -0.0665. The molecule has 0 radical (unpaired) electrons. The molecule has 1 atom stereocenters. The summed E-state index contributed by atoms with van der Waals surface area (Å²) in [6, 6.07) is 14.6. The predicted octanol–water partition coefficient (Wildman–Crippen LogP) is 3.04. The Morgan fingerprint density at radius 2 is 2.03 bits per heavy atom. The van der Waals surface area contributed by atoms with Gasteiger partial charge in [0.05, 0.1) is 6.20 Å². The molecule has 0 saturated carbocycles. The van der Waals surface area contributed by atoms with Gasteiger partial charge in [0.15, 0.2) is 0 Å². The largest absolute Gasteiger partial charge is 0.356 e. The molecular weight excluding hydrogens is 362 g/mol. The third-order valence-electron chi connectivity index (χ3n) is 5.18. The van der Waals surface area contributed by atoms with Crippen LogP contribution in [-0.2, 0) is 24.3 Å². The molecule has 0 aliphatic heterocycles. The van der Waals surface area contributed by atoms with Gasteiger partial charge in [-0.15, -0.1) is 0 Å². The summed E-state index contributed by atoms with van der Waals surface area (Å²) in [6.07, 6.45) is 5.80. The first-order valence-electron chi connectivity index (χ1n) is 10.3. The van der Waals surface area contributed by atoms with E-state index in [-0.39, 0.29) is 11.8 Å². The van der Waals surface area contributed by atoms with Crippen molar-refractivity contribution in [3.05, 3.63) is 77.4 Å². The van der Waals surface area contributed by atoms with Crippen LogP contribution in [0.2, 0.25) is 0 Å². The lowest BCUT2D eigenvalue weighted by Crippen LogP contribution is -2.36. The van der Waals surface area contributed by atoms with Crippen LogP contribution in [0.1, 0.15) is 35.9 Å². The van der Waals surface area contributed by atoms with E-state index in [0.717, 1.165) is 31.6 Å². The third kappa shape index (κ3) is 6.32. The molecule has 6 nitrogen and oxygen atoms in total. The number of carbonyl (C=O) groups excluding carboxylic acids is 1. The average molecular weight is 394 g/mol. The molecule has 1 amide bonds. The minimum absolute atomic E-state index is 0.0665. The van der Waals surface area contributed by atoms with Crippen LogP contribution in [0.5, 0.6) is 0 Å². The van der Waals surface area contributed by atoms with Crippen molar-refractivity contribution in [2.24, 2.45) is 5.92 Å². The molecule has 0 bridgehead atoms. The second-order valence-corrected chi connectivity index (χ2v) is 7.56. The van der Waals surface area contributed by atoms with Crippen molar-refractivity contribution >= 4 is 5.91 Å². The molecule has 154 valence electrons. The fraction of sp³-hybridized carbons (Fsp3) is 0.391. The molecule has 0 aliphatic rings. The Bertz CT molecular complexity index is 884. The Kier molecular flexibility index (Phi) is 7.64. The molecule has 3 aromatic rings. The van der Waals surface area contributed by atoms with E-state index in [0.29, 0.717) is 13.1 Å². The van der Waals surface area contributed by atoms with E-state index in [1.807, 2.05) is 26.1 Å². The lowest BCUT2D eigenvalue weighted by atomic mass is 10.1. The highest BCUT2D eigenvalue weighted by atomic mass is 16.1. The van der Waals surface area contributed by atoms with Crippen molar-refractivity contribution in [3.63, 3.8) is 0 Å². The van der Waals surface area contributed by atoms with Gasteiger partial charge in [-0.3, -0.25) is 9.89 Å². The lowest BCUT2D eigenvalue weighted by Gasteiger charge is -2.14. The zero-order chi connectivity index (χ0) is 20.5. The quantitative estimate of drug-likeness (QED) is 0.438. The Labute approximate surface area is 172 Å². The molecule has 0 fully saturated rings. The van der Waals surface area contributed by atoms with Gasteiger partial charge in [-0.1, -0.05) is 37.3 Å². The Balaban J connectivity index is 1.35. The Morgan fingerprint density at radius 3 is 2.79 bits per heavy atom. The van der Waals surface area contributed by atoms with E-state index in [2.05, 4.69) is 68.0 Å². The topological polar surface area (TPSA) is 74.7 Å². The SMILES string of the molecule is Cc1[nH]ncc1CCCNC(=O)[C@H](C)CNCc1cccn1Cc1ccccc1. The first-order chi connectivity index (χ1) is 14.1.